The van der Waals surface area contributed by atoms with Crippen LogP contribution in [0, 0.1) is 0 Å². The normalized spacial score (nSPS) is 19.9. The van der Waals surface area contributed by atoms with Crippen molar-refractivity contribution in [2.24, 2.45) is 0 Å². The van der Waals surface area contributed by atoms with Gasteiger partial charge in [0, 0.05) is 6.42 Å². The third kappa shape index (κ3) is 4.81. The highest BCUT2D eigenvalue weighted by Gasteiger charge is 2.40. The first-order valence-electron chi connectivity index (χ1n) is 9.85. The number of nitrogens with zero attached hydrogens (tertiary/aromatic N) is 3. The zero-order valence-corrected chi connectivity index (χ0v) is 16.9. The van der Waals surface area contributed by atoms with Gasteiger partial charge >= 0.3 is 17.6 Å². The molecule has 164 valence electrons. The van der Waals surface area contributed by atoms with Gasteiger partial charge in [-0.05, 0) is 24.3 Å². The standard InChI is InChI=1S/C22H20N4O6/c23-21-24-13-26(22(29)25-21)18-11-16(32-20(28)15-9-5-2-6-10-15)17(31-18)12-30-19(27)14-7-3-1-4-8-14/h1-10,13,16-18H,11-12H2,(H2,23,25,29)/t16-,17-,18-/m1/s1. The van der Waals surface area contributed by atoms with Crippen molar-refractivity contribution in [3.8, 4) is 0 Å². The third-order valence-electron chi connectivity index (χ3n) is 4.89. The van der Waals surface area contributed by atoms with Gasteiger partial charge in [-0.25, -0.2) is 19.4 Å². The molecule has 0 radical (unpaired) electrons. The number of esters is 2. The van der Waals surface area contributed by atoms with Gasteiger partial charge < -0.3 is 19.9 Å². The number of aromatic nitrogens is 3. The Hall–Kier alpha value is -4.05. The number of rotatable bonds is 6. The molecule has 2 N–H and O–H groups in total. The lowest BCUT2D eigenvalue weighted by molar-refractivity contribution is -0.0584. The number of ether oxygens (including phenoxy) is 3. The van der Waals surface area contributed by atoms with Gasteiger partial charge in [0.05, 0.1) is 11.1 Å². The molecule has 32 heavy (non-hydrogen) atoms. The first-order valence-corrected chi connectivity index (χ1v) is 9.85. The van der Waals surface area contributed by atoms with E-state index in [0.29, 0.717) is 11.1 Å². The predicted octanol–water partition coefficient (Wildman–Crippen LogP) is 1.59. The lowest BCUT2D eigenvalue weighted by Crippen LogP contribution is -2.32. The van der Waals surface area contributed by atoms with Crippen LogP contribution in [0.2, 0.25) is 0 Å². The highest BCUT2D eigenvalue weighted by Crippen LogP contribution is 2.31. The van der Waals surface area contributed by atoms with Gasteiger partial charge in [0.25, 0.3) is 0 Å². The summed E-state index contributed by atoms with van der Waals surface area (Å²) in [5.74, 6) is -1.26. The van der Waals surface area contributed by atoms with Gasteiger partial charge in [-0.1, -0.05) is 36.4 Å². The molecular weight excluding hydrogens is 416 g/mol. The van der Waals surface area contributed by atoms with E-state index in [9.17, 15) is 14.4 Å². The zero-order chi connectivity index (χ0) is 22.5. The second-order valence-electron chi connectivity index (χ2n) is 7.04. The Balaban J connectivity index is 1.50. The summed E-state index contributed by atoms with van der Waals surface area (Å²) in [6.45, 7) is -0.179. The van der Waals surface area contributed by atoms with Crippen molar-refractivity contribution in [1.29, 1.82) is 0 Å². The molecule has 0 spiro atoms. The molecule has 1 fully saturated rings. The number of nitrogen functional groups attached to an aromatic ring is 1. The Labute approximate surface area is 182 Å². The molecule has 10 heteroatoms. The van der Waals surface area contributed by atoms with Crippen molar-refractivity contribution in [2.45, 2.75) is 24.9 Å². The van der Waals surface area contributed by atoms with Crippen LogP contribution in [0.4, 0.5) is 5.95 Å². The number of hydrogen-bond donors (Lipinski definition) is 1. The lowest BCUT2D eigenvalue weighted by atomic mass is 10.1. The Kier molecular flexibility index (Phi) is 6.22. The van der Waals surface area contributed by atoms with E-state index >= 15 is 0 Å². The molecule has 4 rings (SSSR count). The van der Waals surface area contributed by atoms with Crippen LogP contribution >= 0.6 is 0 Å². The van der Waals surface area contributed by atoms with E-state index in [0.717, 1.165) is 4.57 Å². The van der Waals surface area contributed by atoms with Crippen LogP contribution in [0.3, 0.4) is 0 Å². The molecule has 1 aromatic heterocycles. The van der Waals surface area contributed by atoms with Gasteiger partial charge in [0.1, 0.15) is 31.4 Å². The van der Waals surface area contributed by atoms with E-state index in [4.69, 9.17) is 19.9 Å². The number of carbonyl (C=O) groups is 2. The van der Waals surface area contributed by atoms with Gasteiger partial charge in [0.2, 0.25) is 5.95 Å². The number of anilines is 1. The van der Waals surface area contributed by atoms with Crippen molar-refractivity contribution in [1.82, 2.24) is 14.5 Å². The lowest BCUT2D eigenvalue weighted by Gasteiger charge is -2.19. The fourth-order valence-corrected chi connectivity index (χ4v) is 3.29. The van der Waals surface area contributed by atoms with Crippen LogP contribution in [0.5, 0.6) is 0 Å². The second-order valence-corrected chi connectivity index (χ2v) is 7.04. The summed E-state index contributed by atoms with van der Waals surface area (Å²) in [6.07, 6.45) is -1.05. The van der Waals surface area contributed by atoms with Crippen molar-refractivity contribution < 1.29 is 23.8 Å². The molecule has 1 aliphatic rings. The van der Waals surface area contributed by atoms with Crippen LogP contribution in [0.15, 0.2) is 71.8 Å². The van der Waals surface area contributed by atoms with Crippen LogP contribution in [-0.4, -0.2) is 45.3 Å². The summed E-state index contributed by atoms with van der Waals surface area (Å²) in [5, 5.41) is 0. The molecule has 0 unspecified atom stereocenters. The summed E-state index contributed by atoms with van der Waals surface area (Å²) in [6, 6.07) is 16.9. The Morgan fingerprint density at radius 3 is 2.28 bits per heavy atom. The maximum atomic E-state index is 12.6. The minimum atomic E-state index is -0.822. The van der Waals surface area contributed by atoms with E-state index in [1.165, 1.54) is 6.33 Å². The molecule has 10 nitrogen and oxygen atoms in total. The Morgan fingerprint density at radius 2 is 1.66 bits per heavy atom. The second kappa shape index (κ2) is 9.40. The summed E-state index contributed by atoms with van der Waals surface area (Å²) in [7, 11) is 0. The van der Waals surface area contributed by atoms with E-state index in [2.05, 4.69) is 9.97 Å². The molecule has 0 bridgehead atoms. The molecule has 2 heterocycles. The van der Waals surface area contributed by atoms with Gasteiger partial charge in [-0.2, -0.15) is 4.98 Å². The van der Waals surface area contributed by atoms with Crippen molar-refractivity contribution in [3.63, 3.8) is 0 Å². The quantitative estimate of drug-likeness (QED) is 0.571. The summed E-state index contributed by atoms with van der Waals surface area (Å²) < 4.78 is 18.0. The molecule has 1 aliphatic heterocycles. The van der Waals surface area contributed by atoms with Crippen LogP contribution in [-0.2, 0) is 14.2 Å². The van der Waals surface area contributed by atoms with Gasteiger partial charge in [0.15, 0.2) is 0 Å². The smallest absolute Gasteiger partial charge is 0.354 e. The predicted molar refractivity (Wildman–Crippen MR) is 112 cm³/mol. The molecule has 0 amide bonds. The third-order valence-corrected chi connectivity index (χ3v) is 4.89. The number of nitrogens with two attached hydrogens (primary N) is 1. The topological polar surface area (TPSA) is 136 Å². The average Bonchev–Trinajstić information content (AvgIpc) is 3.20. The van der Waals surface area contributed by atoms with Crippen molar-refractivity contribution >= 4 is 17.9 Å². The maximum Gasteiger partial charge on any atom is 0.354 e. The SMILES string of the molecule is Nc1ncn([C@H]2C[C@@H](OC(=O)c3ccccc3)[C@@H](COC(=O)c3ccccc3)O2)c(=O)n1. The molecular formula is C22H20N4O6. The number of carbonyl (C=O) groups excluding carboxylic acids is 2. The first kappa shape index (κ1) is 21.2. The molecule has 0 aliphatic carbocycles. The number of benzene rings is 2. The molecule has 3 aromatic rings. The highest BCUT2D eigenvalue weighted by atomic mass is 16.6. The Bertz CT molecular complexity index is 1150. The fraction of sp³-hybridized carbons (Fsp3) is 0.227. The summed E-state index contributed by atoms with van der Waals surface area (Å²) in [5.41, 5.74) is 5.53. The Morgan fingerprint density at radius 1 is 1.03 bits per heavy atom. The molecule has 2 aromatic carbocycles. The summed E-state index contributed by atoms with van der Waals surface area (Å²) in [4.78, 5) is 44.5. The molecule has 1 saturated heterocycles. The average molecular weight is 436 g/mol. The van der Waals surface area contributed by atoms with Gasteiger partial charge in [-0.15, -0.1) is 0 Å². The van der Waals surface area contributed by atoms with Crippen LogP contribution < -0.4 is 11.4 Å². The minimum absolute atomic E-state index is 0.138. The van der Waals surface area contributed by atoms with Gasteiger partial charge in [-0.3, -0.25) is 4.57 Å². The first-order chi connectivity index (χ1) is 15.5. The van der Waals surface area contributed by atoms with E-state index in [-0.39, 0.29) is 19.0 Å². The van der Waals surface area contributed by atoms with Crippen LogP contribution in [0.25, 0.3) is 0 Å². The van der Waals surface area contributed by atoms with Crippen molar-refractivity contribution in [2.75, 3.05) is 12.3 Å². The van der Waals surface area contributed by atoms with E-state index < -0.39 is 36.1 Å². The van der Waals surface area contributed by atoms with Crippen molar-refractivity contribution in [3.05, 3.63) is 88.6 Å². The highest BCUT2D eigenvalue weighted by molar-refractivity contribution is 5.90. The summed E-state index contributed by atoms with van der Waals surface area (Å²) >= 11 is 0. The largest absolute Gasteiger partial charge is 0.459 e. The van der Waals surface area contributed by atoms with Crippen LogP contribution in [0.1, 0.15) is 33.4 Å². The maximum absolute atomic E-state index is 12.6. The minimum Gasteiger partial charge on any atom is -0.459 e. The monoisotopic (exact) mass is 436 g/mol. The fourth-order valence-electron chi connectivity index (χ4n) is 3.29. The number of hydrogen-bond acceptors (Lipinski definition) is 9. The molecule has 3 atom stereocenters. The van der Waals surface area contributed by atoms with E-state index in [1.54, 1.807) is 60.7 Å². The molecule has 0 saturated carbocycles. The zero-order valence-electron chi connectivity index (χ0n) is 16.9. The van der Waals surface area contributed by atoms with E-state index in [1.807, 2.05) is 0 Å².